The van der Waals surface area contributed by atoms with Crippen LogP contribution >= 0.6 is 0 Å². The average Bonchev–Trinajstić information content (AvgIpc) is 2.59. The Kier molecular flexibility index (Phi) is 6.83. The SMILES string of the molecule is CCCCOC(=O)Nc1ccc(C)c(NC(=O)Nc2ccccc2)c1. The second kappa shape index (κ2) is 9.32. The standard InChI is InChI=1S/C19H23N3O3/c1-3-4-12-25-19(24)21-16-11-10-14(2)17(13-16)22-18(23)20-15-8-6-5-7-9-15/h5-11,13H,3-4,12H2,1-2H3,(H,21,24)(H2,20,22,23). The molecule has 0 spiro atoms. The van der Waals surface area contributed by atoms with E-state index in [1.807, 2.05) is 38.1 Å². The number of anilines is 3. The number of benzene rings is 2. The highest BCUT2D eigenvalue weighted by molar-refractivity contribution is 6.00. The molecule has 25 heavy (non-hydrogen) atoms. The highest BCUT2D eigenvalue weighted by Gasteiger charge is 2.08. The van der Waals surface area contributed by atoms with Crippen LogP contribution in [0, 0.1) is 6.92 Å². The van der Waals surface area contributed by atoms with Crippen molar-refractivity contribution in [3.05, 3.63) is 54.1 Å². The van der Waals surface area contributed by atoms with Crippen molar-refractivity contribution in [2.45, 2.75) is 26.7 Å². The molecule has 0 radical (unpaired) electrons. The van der Waals surface area contributed by atoms with Gasteiger partial charge < -0.3 is 15.4 Å². The van der Waals surface area contributed by atoms with Gasteiger partial charge >= 0.3 is 12.1 Å². The van der Waals surface area contributed by atoms with Crippen molar-refractivity contribution in [1.29, 1.82) is 0 Å². The number of para-hydroxylation sites is 1. The maximum absolute atomic E-state index is 12.1. The van der Waals surface area contributed by atoms with E-state index in [0.717, 1.165) is 18.4 Å². The van der Waals surface area contributed by atoms with Crippen LogP contribution in [0.15, 0.2) is 48.5 Å². The van der Waals surface area contributed by atoms with Gasteiger partial charge in [-0.1, -0.05) is 37.6 Å². The lowest BCUT2D eigenvalue weighted by Crippen LogP contribution is -2.20. The molecule has 0 heterocycles. The number of ether oxygens (including phenoxy) is 1. The Hall–Kier alpha value is -3.02. The van der Waals surface area contributed by atoms with Crippen molar-refractivity contribution < 1.29 is 14.3 Å². The average molecular weight is 341 g/mol. The summed E-state index contributed by atoms with van der Waals surface area (Å²) in [5.41, 5.74) is 2.75. The Bertz CT molecular complexity index is 717. The third-order valence-electron chi connectivity index (χ3n) is 3.49. The summed E-state index contributed by atoms with van der Waals surface area (Å²) in [7, 11) is 0. The van der Waals surface area contributed by atoms with Crippen LogP contribution in [0.4, 0.5) is 26.7 Å². The first-order chi connectivity index (χ1) is 12.1. The first-order valence-corrected chi connectivity index (χ1v) is 8.26. The molecule has 132 valence electrons. The van der Waals surface area contributed by atoms with Crippen molar-refractivity contribution in [2.75, 3.05) is 22.6 Å². The molecule has 0 aliphatic heterocycles. The van der Waals surface area contributed by atoms with Gasteiger partial charge in [0, 0.05) is 17.1 Å². The summed E-state index contributed by atoms with van der Waals surface area (Å²) in [4.78, 5) is 23.8. The predicted octanol–water partition coefficient (Wildman–Crippen LogP) is 4.99. The van der Waals surface area contributed by atoms with E-state index >= 15 is 0 Å². The summed E-state index contributed by atoms with van der Waals surface area (Å²) in [6, 6.07) is 14.1. The van der Waals surface area contributed by atoms with Crippen molar-refractivity contribution in [1.82, 2.24) is 0 Å². The molecule has 0 bridgehead atoms. The van der Waals surface area contributed by atoms with Gasteiger partial charge in [-0.05, 0) is 43.2 Å². The van der Waals surface area contributed by atoms with Gasteiger partial charge in [0.15, 0.2) is 0 Å². The van der Waals surface area contributed by atoms with Gasteiger partial charge in [0.2, 0.25) is 0 Å². The molecule has 0 saturated carbocycles. The van der Waals surface area contributed by atoms with E-state index in [-0.39, 0.29) is 6.03 Å². The predicted molar refractivity (Wildman–Crippen MR) is 100 cm³/mol. The summed E-state index contributed by atoms with van der Waals surface area (Å²) >= 11 is 0. The lowest BCUT2D eigenvalue weighted by Gasteiger charge is -2.12. The van der Waals surface area contributed by atoms with Crippen LogP contribution in [0.2, 0.25) is 0 Å². The van der Waals surface area contributed by atoms with Crippen LogP contribution in [-0.2, 0) is 4.74 Å². The molecule has 0 aliphatic rings. The van der Waals surface area contributed by atoms with Gasteiger partial charge in [0.1, 0.15) is 0 Å². The van der Waals surface area contributed by atoms with E-state index in [9.17, 15) is 9.59 Å². The van der Waals surface area contributed by atoms with Gasteiger partial charge in [-0.2, -0.15) is 0 Å². The number of urea groups is 1. The maximum Gasteiger partial charge on any atom is 0.411 e. The van der Waals surface area contributed by atoms with Gasteiger partial charge in [-0.15, -0.1) is 0 Å². The maximum atomic E-state index is 12.1. The van der Waals surface area contributed by atoms with Crippen LogP contribution in [-0.4, -0.2) is 18.7 Å². The van der Waals surface area contributed by atoms with Crippen molar-refractivity contribution >= 4 is 29.2 Å². The zero-order chi connectivity index (χ0) is 18.1. The Labute approximate surface area is 147 Å². The van der Waals surface area contributed by atoms with Crippen LogP contribution in [0.3, 0.4) is 0 Å². The molecule has 6 nitrogen and oxygen atoms in total. The molecule has 2 rings (SSSR count). The number of carbonyl (C=O) groups is 2. The molecule has 2 aromatic carbocycles. The zero-order valence-electron chi connectivity index (χ0n) is 14.5. The minimum atomic E-state index is -0.503. The molecule has 3 N–H and O–H groups in total. The smallest absolute Gasteiger partial charge is 0.411 e. The summed E-state index contributed by atoms with van der Waals surface area (Å²) in [6.07, 6.45) is 1.29. The summed E-state index contributed by atoms with van der Waals surface area (Å²) in [6.45, 7) is 4.29. The summed E-state index contributed by atoms with van der Waals surface area (Å²) in [5.74, 6) is 0. The van der Waals surface area contributed by atoms with Crippen LogP contribution in [0.1, 0.15) is 25.3 Å². The molecule has 0 atom stereocenters. The quantitative estimate of drug-likeness (QED) is 0.648. The molecule has 0 saturated heterocycles. The normalized spacial score (nSPS) is 10.0. The van der Waals surface area contributed by atoms with E-state index < -0.39 is 6.09 Å². The van der Waals surface area contributed by atoms with Crippen LogP contribution in [0.5, 0.6) is 0 Å². The van der Waals surface area contributed by atoms with Gasteiger partial charge in [-0.3, -0.25) is 5.32 Å². The Morgan fingerprint density at radius 1 is 0.960 bits per heavy atom. The fourth-order valence-corrected chi connectivity index (χ4v) is 2.10. The molecule has 3 amide bonds. The highest BCUT2D eigenvalue weighted by Crippen LogP contribution is 2.21. The fraction of sp³-hybridized carbons (Fsp3) is 0.263. The third kappa shape index (κ3) is 6.18. The number of unbranched alkanes of at least 4 members (excludes halogenated alkanes) is 1. The third-order valence-corrected chi connectivity index (χ3v) is 3.49. The molecule has 0 fully saturated rings. The van der Waals surface area contributed by atoms with Crippen LogP contribution in [0.25, 0.3) is 0 Å². The number of aryl methyl sites for hydroxylation is 1. The van der Waals surface area contributed by atoms with Crippen molar-refractivity contribution in [3.63, 3.8) is 0 Å². The van der Waals surface area contributed by atoms with Crippen LogP contribution < -0.4 is 16.0 Å². The molecule has 0 unspecified atom stereocenters. The van der Waals surface area contributed by atoms with Gasteiger partial charge in [0.25, 0.3) is 0 Å². The zero-order valence-corrected chi connectivity index (χ0v) is 14.5. The number of amides is 3. The molecular weight excluding hydrogens is 318 g/mol. The number of hydrogen-bond donors (Lipinski definition) is 3. The first kappa shape index (κ1) is 18.3. The topological polar surface area (TPSA) is 79.5 Å². The van der Waals surface area contributed by atoms with Crippen molar-refractivity contribution in [2.24, 2.45) is 0 Å². The minimum absolute atomic E-state index is 0.350. The summed E-state index contributed by atoms with van der Waals surface area (Å²) in [5, 5.41) is 8.19. The summed E-state index contributed by atoms with van der Waals surface area (Å²) < 4.78 is 5.07. The Morgan fingerprint density at radius 3 is 2.44 bits per heavy atom. The Balaban J connectivity index is 1.96. The monoisotopic (exact) mass is 341 g/mol. The molecule has 0 aromatic heterocycles. The lowest BCUT2D eigenvalue weighted by atomic mass is 10.2. The second-order valence-corrected chi connectivity index (χ2v) is 5.59. The molecule has 6 heteroatoms. The number of hydrogen-bond acceptors (Lipinski definition) is 3. The molecule has 0 aliphatic carbocycles. The molecule has 2 aromatic rings. The number of carbonyl (C=O) groups excluding carboxylic acids is 2. The van der Waals surface area contributed by atoms with E-state index in [1.54, 1.807) is 24.3 Å². The van der Waals surface area contributed by atoms with Gasteiger partial charge in [-0.25, -0.2) is 9.59 Å². The van der Waals surface area contributed by atoms with E-state index in [4.69, 9.17) is 4.74 Å². The minimum Gasteiger partial charge on any atom is -0.449 e. The van der Waals surface area contributed by atoms with E-state index in [2.05, 4.69) is 16.0 Å². The van der Waals surface area contributed by atoms with Gasteiger partial charge in [0.05, 0.1) is 6.61 Å². The number of rotatable bonds is 6. The Morgan fingerprint density at radius 2 is 1.72 bits per heavy atom. The largest absolute Gasteiger partial charge is 0.449 e. The second-order valence-electron chi connectivity index (χ2n) is 5.59. The van der Waals surface area contributed by atoms with Crippen molar-refractivity contribution in [3.8, 4) is 0 Å². The fourth-order valence-electron chi connectivity index (χ4n) is 2.10. The molecular formula is C19H23N3O3. The van der Waals surface area contributed by atoms with E-state index in [1.165, 1.54) is 0 Å². The first-order valence-electron chi connectivity index (χ1n) is 8.26. The highest BCUT2D eigenvalue weighted by atomic mass is 16.5. The van der Waals surface area contributed by atoms with E-state index in [0.29, 0.717) is 23.7 Å². The number of nitrogens with one attached hydrogen (secondary N) is 3. The lowest BCUT2D eigenvalue weighted by molar-refractivity contribution is 0.160.